The van der Waals surface area contributed by atoms with Crippen LogP contribution >= 0.6 is 0 Å². The summed E-state index contributed by atoms with van der Waals surface area (Å²) in [7, 11) is 2.24. The zero-order chi connectivity index (χ0) is 22.5. The maximum absolute atomic E-state index is 2.68. The molecule has 0 atom stereocenters. The highest BCUT2D eigenvalue weighted by molar-refractivity contribution is 5.80. The molecule has 1 fully saturated rings. The van der Waals surface area contributed by atoms with E-state index in [1.807, 2.05) is 0 Å². The predicted octanol–water partition coefficient (Wildman–Crippen LogP) is 7.52. The Labute approximate surface area is 192 Å². The van der Waals surface area contributed by atoms with Gasteiger partial charge in [-0.2, -0.15) is 0 Å². The van der Waals surface area contributed by atoms with Gasteiger partial charge in [-0.25, -0.2) is 9.13 Å². The minimum absolute atomic E-state index is 0.140. The van der Waals surface area contributed by atoms with E-state index in [0.717, 1.165) is 0 Å². The molecule has 0 unspecified atom stereocenters. The summed E-state index contributed by atoms with van der Waals surface area (Å²) in [6.07, 6.45) is 5.20. The average Bonchev–Trinajstić information content (AvgIpc) is 3.40. The molecule has 164 valence electrons. The summed E-state index contributed by atoms with van der Waals surface area (Å²) in [5.74, 6) is 1.34. The molecule has 5 rings (SSSR count). The van der Waals surface area contributed by atoms with Crippen molar-refractivity contribution in [2.75, 3.05) is 0 Å². The second kappa shape index (κ2) is 7.92. The number of nitrogens with zero attached hydrogens (tertiary/aromatic N) is 2. The van der Waals surface area contributed by atoms with Crippen LogP contribution in [0.1, 0.15) is 63.6 Å². The first kappa shape index (κ1) is 21.0. The Morgan fingerprint density at radius 1 is 0.844 bits per heavy atom. The first-order valence-corrected chi connectivity index (χ1v) is 12.1. The third-order valence-corrected chi connectivity index (χ3v) is 7.28. The number of imidazole rings is 1. The summed E-state index contributed by atoms with van der Waals surface area (Å²) < 4.78 is 5.10. The maximum atomic E-state index is 2.68. The number of benzene rings is 3. The summed E-state index contributed by atoms with van der Waals surface area (Å²) in [5, 5.41) is 0. The van der Waals surface area contributed by atoms with Crippen molar-refractivity contribution >= 4 is 11.0 Å². The van der Waals surface area contributed by atoms with E-state index in [9.17, 15) is 0 Å². The summed E-state index contributed by atoms with van der Waals surface area (Å²) >= 11 is 0. The van der Waals surface area contributed by atoms with Crippen LogP contribution in [0, 0.1) is 6.92 Å². The molecule has 0 saturated heterocycles. The molecule has 1 heterocycles. The molecule has 4 aromatic rings. The lowest BCUT2D eigenvalue weighted by Crippen LogP contribution is -2.31. The molecule has 0 N–H and O–H groups in total. The first-order chi connectivity index (χ1) is 15.3. The molecule has 0 aliphatic heterocycles. The van der Waals surface area contributed by atoms with Gasteiger partial charge in [0.05, 0.1) is 12.6 Å². The monoisotopic (exact) mass is 423 g/mol. The van der Waals surface area contributed by atoms with Crippen molar-refractivity contribution < 1.29 is 4.57 Å². The molecular formula is C30H35N2+. The molecule has 3 aromatic carbocycles. The maximum Gasteiger partial charge on any atom is 0.290 e. The highest BCUT2D eigenvalue weighted by Gasteiger charge is 2.33. The summed E-state index contributed by atoms with van der Waals surface area (Å²) in [5.41, 5.74) is 9.48. The highest BCUT2D eigenvalue weighted by atomic mass is 15.2. The summed E-state index contributed by atoms with van der Waals surface area (Å²) in [4.78, 5) is 0. The van der Waals surface area contributed by atoms with E-state index in [0.29, 0.717) is 6.04 Å². The Morgan fingerprint density at radius 3 is 2.25 bits per heavy atom. The third-order valence-electron chi connectivity index (χ3n) is 7.28. The van der Waals surface area contributed by atoms with Crippen molar-refractivity contribution in [3.63, 3.8) is 0 Å². The van der Waals surface area contributed by atoms with Gasteiger partial charge >= 0.3 is 0 Å². The van der Waals surface area contributed by atoms with Crippen LogP contribution in [0.25, 0.3) is 33.5 Å². The molecule has 1 aliphatic carbocycles. The van der Waals surface area contributed by atoms with E-state index in [1.54, 1.807) is 0 Å². The average molecular weight is 424 g/mol. The van der Waals surface area contributed by atoms with Crippen molar-refractivity contribution in [3.05, 3.63) is 77.9 Å². The van der Waals surface area contributed by atoms with Crippen LogP contribution in [0.3, 0.4) is 0 Å². The van der Waals surface area contributed by atoms with Gasteiger partial charge in [-0.1, -0.05) is 69.3 Å². The van der Waals surface area contributed by atoms with Gasteiger partial charge in [-0.15, -0.1) is 0 Å². The van der Waals surface area contributed by atoms with E-state index in [4.69, 9.17) is 0 Å². The lowest BCUT2D eigenvalue weighted by atomic mass is 9.87. The fourth-order valence-corrected chi connectivity index (χ4v) is 5.37. The van der Waals surface area contributed by atoms with E-state index in [2.05, 4.69) is 111 Å². The number of aromatic nitrogens is 2. The molecule has 0 bridgehead atoms. The van der Waals surface area contributed by atoms with Crippen LogP contribution < -0.4 is 4.57 Å². The fraction of sp³-hybridized carbons (Fsp3) is 0.367. The van der Waals surface area contributed by atoms with Gasteiger partial charge in [0.25, 0.3) is 5.82 Å². The molecule has 0 spiro atoms. The van der Waals surface area contributed by atoms with Crippen molar-refractivity contribution in [3.8, 4) is 22.5 Å². The third kappa shape index (κ3) is 3.56. The molecule has 0 amide bonds. The second-order valence-electron chi connectivity index (χ2n) is 10.5. The number of hydrogen-bond acceptors (Lipinski definition) is 0. The molecule has 1 aromatic heterocycles. The van der Waals surface area contributed by atoms with Crippen LogP contribution in [0.2, 0.25) is 0 Å². The topological polar surface area (TPSA) is 8.81 Å². The minimum Gasteiger partial charge on any atom is -0.226 e. The molecule has 0 radical (unpaired) electrons. The van der Waals surface area contributed by atoms with E-state index in [1.165, 1.54) is 70.4 Å². The van der Waals surface area contributed by atoms with Gasteiger partial charge in [0, 0.05) is 0 Å². The van der Waals surface area contributed by atoms with Gasteiger partial charge < -0.3 is 0 Å². The molecular weight excluding hydrogens is 388 g/mol. The normalized spacial score (nSPS) is 15.0. The van der Waals surface area contributed by atoms with Crippen LogP contribution in [-0.4, -0.2) is 4.57 Å². The van der Waals surface area contributed by atoms with Crippen molar-refractivity contribution in [2.24, 2.45) is 7.05 Å². The van der Waals surface area contributed by atoms with Gasteiger partial charge in [0.15, 0.2) is 11.0 Å². The van der Waals surface area contributed by atoms with Crippen LogP contribution in [0.5, 0.6) is 0 Å². The Hall–Kier alpha value is -2.87. The van der Waals surface area contributed by atoms with Crippen molar-refractivity contribution in [2.45, 2.75) is 64.8 Å². The molecule has 1 saturated carbocycles. The minimum atomic E-state index is 0.140. The van der Waals surface area contributed by atoms with Crippen LogP contribution in [0.15, 0.2) is 66.7 Å². The van der Waals surface area contributed by atoms with Crippen molar-refractivity contribution in [1.82, 2.24) is 4.57 Å². The Balaban J connectivity index is 1.79. The van der Waals surface area contributed by atoms with Gasteiger partial charge in [-0.3, -0.25) is 0 Å². The van der Waals surface area contributed by atoms with Crippen LogP contribution in [0.4, 0.5) is 0 Å². The Kier molecular flexibility index (Phi) is 5.20. The lowest BCUT2D eigenvalue weighted by molar-refractivity contribution is -0.634. The van der Waals surface area contributed by atoms with Crippen molar-refractivity contribution in [1.29, 1.82) is 0 Å². The zero-order valence-corrected chi connectivity index (χ0v) is 20.2. The first-order valence-electron chi connectivity index (χ1n) is 12.1. The Morgan fingerprint density at radius 2 is 1.56 bits per heavy atom. The smallest absolute Gasteiger partial charge is 0.226 e. The van der Waals surface area contributed by atoms with E-state index >= 15 is 0 Å². The highest BCUT2D eigenvalue weighted by Crippen LogP contribution is 2.39. The largest absolute Gasteiger partial charge is 0.290 e. The fourth-order valence-electron chi connectivity index (χ4n) is 5.37. The van der Waals surface area contributed by atoms with Gasteiger partial charge in [-0.05, 0) is 78.5 Å². The molecule has 32 heavy (non-hydrogen) atoms. The van der Waals surface area contributed by atoms with Gasteiger partial charge in [0.2, 0.25) is 0 Å². The SMILES string of the molecule is Cc1ccc(-c2ccccc2)cc1-c1n(C2CCCC2)c2cc(C(C)(C)C)ccc2[n+]1C. The predicted molar refractivity (Wildman–Crippen MR) is 135 cm³/mol. The zero-order valence-electron chi connectivity index (χ0n) is 20.2. The van der Waals surface area contributed by atoms with Crippen LogP contribution in [-0.2, 0) is 12.5 Å². The molecule has 2 heteroatoms. The standard InChI is InChI=1S/C30H35N2/c1-21-15-16-23(22-11-7-6-8-12-22)19-26(21)29-31(5)27-18-17-24(30(2,3)4)20-28(27)32(29)25-13-9-10-14-25/h6-8,11-12,15-20,25H,9-10,13-14H2,1-5H3/q+1. The lowest BCUT2D eigenvalue weighted by Gasteiger charge is -2.18. The molecule has 1 aliphatic rings. The summed E-state index contributed by atoms with van der Waals surface area (Å²) in [6, 6.07) is 25.4. The van der Waals surface area contributed by atoms with E-state index < -0.39 is 0 Å². The van der Waals surface area contributed by atoms with Gasteiger partial charge in [0.1, 0.15) is 6.04 Å². The Bertz CT molecular complexity index is 1270. The number of aryl methyl sites for hydroxylation is 2. The number of hydrogen-bond donors (Lipinski definition) is 0. The summed E-state index contributed by atoms with van der Waals surface area (Å²) in [6.45, 7) is 9.18. The number of rotatable bonds is 3. The number of fused-ring (bicyclic) bond motifs is 1. The molecule has 2 nitrogen and oxygen atoms in total. The quantitative estimate of drug-likeness (QED) is 0.301. The second-order valence-corrected chi connectivity index (χ2v) is 10.5. The van der Waals surface area contributed by atoms with E-state index in [-0.39, 0.29) is 5.41 Å².